The minimum atomic E-state index is -0.284. The van der Waals surface area contributed by atoms with Crippen molar-refractivity contribution in [3.63, 3.8) is 0 Å². The highest BCUT2D eigenvalue weighted by atomic mass is 16.5. The van der Waals surface area contributed by atoms with Gasteiger partial charge < -0.3 is 9.64 Å². The molecule has 0 saturated carbocycles. The predicted molar refractivity (Wildman–Crippen MR) is 144 cm³/mol. The molecule has 0 fully saturated rings. The van der Waals surface area contributed by atoms with Crippen molar-refractivity contribution in [2.24, 2.45) is 5.41 Å². The number of aryl methyl sites for hydroxylation is 1. The number of rotatable bonds is 3. The van der Waals surface area contributed by atoms with Gasteiger partial charge in [-0.1, -0.05) is 69.3 Å². The predicted octanol–water partition coefficient (Wildman–Crippen LogP) is 7.20. The van der Waals surface area contributed by atoms with Gasteiger partial charge in [0, 0.05) is 41.3 Å². The molecule has 0 radical (unpaired) electrons. The van der Waals surface area contributed by atoms with E-state index in [1.54, 1.807) is 0 Å². The second kappa shape index (κ2) is 9.56. The first-order valence-corrected chi connectivity index (χ1v) is 12.7. The van der Waals surface area contributed by atoms with Crippen LogP contribution < -0.4 is 4.90 Å². The molecule has 0 saturated heterocycles. The van der Waals surface area contributed by atoms with Crippen LogP contribution in [0.25, 0.3) is 6.08 Å². The summed E-state index contributed by atoms with van der Waals surface area (Å²) in [5.41, 5.74) is 6.75. The van der Waals surface area contributed by atoms with Crippen molar-refractivity contribution < 1.29 is 4.74 Å². The molecule has 0 bridgehead atoms. The van der Waals surface area contributed by atoms with Gasteiger partial charge in [-0.25, -0.2) is 0 Å². The molecule has 36 heavy (non-hydrogen) atoms. The van der Waals surface area contributed by atoms with E-state index in [-0.39, 0.29) is 16.9 Å². The monoisotopic (exact) mass is 473 g/mol. The number of ether oxygens (including phenoxy) is 1. The maximum atomic E-state index is 9.65. The number of benzene rings is 2. The lowest BCUT2D eigenvalue weighted by molar-refractivity contribution is 0.217. The fourth-order valence-electron chi connectivity index (χ4n) is 5.42. The molecule has 5 rings (SSSR count). The van der Waals surface area contributed by atoms with Gasteiger partial charge in [-0.15, -0.1) is 0 Å². The number of hydrogen-bond acceptors (Lipinski definition) is 4. The Labute approximate surface area is 214 Å². The standard InChI is InChI=1S/C32H31N3O/c1-32(2,3)30-19-24(25(20-33)21-34)18-29(36-30)28(17-22-9-5-4-6-10-22)26-14-16-35-15-8-12-23-11-7-13-27(26)31(23)35/h4-7,9-11,13,17-19,26H,8,12,14-16H2,1-3H3. The van der Waals surface area contributed by atoms with Crippen molar-refractivity contribution in [3.05, 3.63) is 106 Å². The first-order chi connectivity index (χ1) is 17.4. The van der Waals surface area contributed by atoms with Crippen LogP contribution in [0.3, 0.4) is 0 Å². The summed E-state index contributed by atoms with van der Waals surface area (Å²) in [6.45, 7) is 8.37. The Morgan fingerprint density at radius 1 is 1.00 bits per heavy atom. The smallest absolute Gasteiger partial charge is 0.137 e. The Morgan fingerprint density at radius 2 is 1.78 bits per heavy atom. The normalized spacial score (nSPS) is 19.2. The molecule has 3 heterocycles. The molecule has 2 aromatic carbocycles. The lowest BCUT2D eigenvalue weighted by Crippen LogP contribution is -2.36. The summed E-state index contributed by atoms with van der Waals surface area (Å²) < 4.78 is 6.61. The van der Waals surface area contributed by atoms with Crippen LogP contribution in [0.2, 0.25) is 0 Å². The third kappa shape index (κ3) is 4.48. The van der Waals surface area contributed by atoms with Crippen LogP contribution in [0.1, 0.15) is 56.2 Å². The molecule has 3 aliphatic rings. The zero-order valence-electron chi connectivity index (χ0n) is 21.2. The van der Waals surface area contributed by atoms with Crippen LogP contribution in [0.4, 0.5) is 5.69 Å². The summed E-state index contributed by atoms with van der Waals surface area (Å²) in [6, 6.07) is 21.2. The minimum Gasteiger partial charge on any atom is -0.461 e. The van der Waals surface area contributed by atoms with Gasteiger partial charge in [0.25, 0.3) is 0 Å². The van der Waals surface area contributed by atoms with Gasteiger partial charge >= 0.3 is 0 Å². The van der Waals surface area contributed by atoms with Crippen LogP contribution >= 0.6 is 0 Å². The largest absolute Gasteiger partial charge is 0.461 e. The Balaban J connectivity index is 1.70. The van der Waals surface area contributed by atoms with E-state index < -0.39 is 0 Å². The highest BCUT2D eigenvalue weighted by molar-refractivity contribution is 5.70. The highest BCUT2D eigenvalue weighted by Gasteiger charge is 2.34. The molecule has 0 amide bonds. The molecule has 4 heteroatoms. The molecule has 1 atom stereocenters. The van der Waals surface area contributed by atoms with E-state index in [0.29, 0.717) is 5.57 Å². The average molecular weight is 474 g/mol. The number of nitriles is 2. The molecule has 0 N–H and O–H groups in total. The average Bonchev–Trinajstić information content (AvgIpc) is 2.89. The van der Waals surface area contributed by atoms with E-state index in [1.807, 2.05) is 30.4 Å². The quantitative estimate of drug-likeness (QED) is 0.442. The third-order valence-electron chi connectivity index (χ3n) is 7.23. The van der Waals surface area contributed by atoms with Crippen LogP contribution in [0.15, 0.2) is 88.9 Å². The molecule has 0 aliphatic carbocycles. The molecule has 4 nitrogen and oxygen atoms in total. The summed E-state index contributed by atoms with van der Waals surface area (Å²) in [5.74, 6) is 1.62. The Kier molecular flexibility index (Phi) is 6.29. The Morgan fingerprint density at radius 3 is 2.50 bits per heavy atom. The number of anilines is 1. The highest BCUT2D eigenvalue weighted by Crippen LogP contribution is 2.47. The van der Waals surface area contributed by atoms with Gasteiger partial charge in [-0.3, -0.25) is 0 Å². The van der Waals surface area contributed by atoms with E-state index in [2.05, 4.69) is 74.2 Å². The van der Waals surface area contributed by atoms with Crippen LogP contribution in [0.5, 0.6) is 0 Å². The Hall–Kier alpha value is -4.02. The lowest BCUT2D eigenvalue weighted by Gasteiger charge is -2.41. The molecule has 0 spiro atoms. The minimum absolute atomic E-state index is 0.100. The van der Waals surface area contributed by atoms with E-state index in [9.17, 15) is 10.5 Å². The number of allylic oxidation sites excluding steroid dienone is 6. The van der Waals surface area contributed by atoms with Crippen molar-refractivity contribution in [1.82, 2.24) is 0 Å². The van der Waals surface area contributed by atoms with Gasteiger partial charge in [-0.05, 0) is 54.2 Å². The van der Waals surface area contributed by atoms with Crippen molar-refractivity contribution in [1.29, 1.82) is 10.5 Å². The van der Waals surface area contributed by atoms with Crippen LogP contribution in [-0.4, -0.2) is 13.1 Å². The number of nitrogens with zero attached hydrogens (tertiary/aromatic N) is 3. The van der Waals surface area contributed by atoms with E-state index >= 15 is 0 Å². The topological polar surface area (TPSA) is 60.0 Å². The second-order valence-corrected chi connectivity index (χ2v) is 10.7. The third-order valence-corrected chi connectivity index (χ3v) is 7.23. The molecule has 1 unspecified atom stereocenters. The fourth-order valence-corrected chi connectivity index (χ4v) is 5.42. The molecular formula is C32H31N3O. The van der Waals surface area contributed by atoms with Crippen LogP contribution in [-0.2, 0) is 11.2 Å². The lowest BCUT2D eigenvalue weighted by atomic mass is 9.79. The van der Waals surface area contributed by atoms with Crippen molar-refractivity contribution in [2.75, 3.05) is 18.0 Å². The number of hydrogen-bond donors (Lipinski definition) is 0. The van der Waals surface area contributed by atoms with E-state index in [0.717, 1.165) is 48.6 Å². The molecular weight excluding hydrogens is 442 g/mol. The van der Waals surface area contributed by atoms with Crippen LogP contribution in [0, 0.1) is 28.1 Å². The summed E-state index contributed by atoms with van der Waals surface area (Å²) in [5, 5.41) is 19.3. The fraction of sp³-hybridized carbons (Fsp3) is 0.312. The van der Waals surface area contributed by atoms with Gasteiger partial charge in [0.05, 0.1) is 0 Å². The van der Waals surface area contributed by atoms with Gasteiger partial charge in [-0.2, -0.15) is 10.5 Å². The maximum Gasteiger partial charge on any atom is 0.137 e. The van der Waals surface area contributed by atoms with Gasteiger partial charge in [0.1, 0.15) is 29.2 Å². The molecule has 3 aliphatic heterocycles. The molecule has 0 aromatic heterocycles. The summed E-state index contributed by atoms with van der Waals surface area (Å²) in [7, 11) is 0. The van der Waals surface area contributed by atoms with E-state index in [1.165, 1.54) is 23.2 Å². The van der Waals surface area contributed by atoms with Gasteiger partial charge in [0.15, 0.2) is 0 Å². The van der Waals surface area contributed by atoms with Crippen molar-refractivity contribution in [3.8, 4) is 12.1 Å². The first-order valence-electron chi connectivity index (χ1n) is 12.7. The SMILES string of the molecule is CC(C)(C)C1=CC(=C(C#N)C#N)C=C(C(=Cc2ccccc2)C2CCN3CCCc4cccc2c43)O1. The summed E-state index contributed by atoms with van der Waals surface area (Å²) in [6.07, 6.45) is 9.23. The summed E-state index contributed by atoms with van der Waals surface area (Å²) in [4.78, 5) is 2.54. The van der Waals surface area contributed by atoms with Gasteiger partial charge in [0.2, 0.25) is 0 Å². The van der Waals surface area contributed by atoms with Crippen molar-refractivity contribution in [2.45, 2.75) is 46.0 Å². The molecule has 180 valence electrons. The van der Waals surface area contributed by atoms with E-state index in [4.69, 9.17) is 4.74 Å². The zero-order valence-corrected chi connectivity index (χ0v) is 21.2. The van der Waals surface area contributed by atoms with Crippen molar-refractivity contribution >= 4 is 11.8 Å². The number of para-hydroxylation sites is 1. The Bertz CT molecular complexity index is 1370. The maximum absolute atomic E-state index is 9.65. The molecule has 2 aromatic rings. The summed E-state index contributed by atoms with van der Waals surface area (Å²) >= 11 is 0. The zero-order chi connectivity index (χ0) is 25.3. The second-order valence-electron chi connectivity index (χ2n) is 10.7. The first kappa shape index (κ1) is 23.7.